The molecule has 4 nitrogen and oxygen atoms in total. The number of carbonyl (C=O) groups excluding carboxylic acids is 1. The van der Waals surface area contributed by atoms with Crippen LogP contribution < -0.4 is 5.43 Å². The van der Waals surface area contributed by atoms with Crippen LogP contribution in [0.25, 0.3) is 10.8 Å². The number of phenols is 1. The summed E-state index contributed by atoms with van der Waals surface area (Å²) in [4.78, 5) is 11.9. The summed E-state index contributed by atoms with van der Waals surface area (Å²) in [5, 5.41) is 15.1. The molecule has 0 atom stereocenters. The molecule has 0 radical (unpaired) electrons. The molecule has 23 heavy (non-hydrogen) atoms. The Morgan fingerprint density at radius 1 is 1.09 bits per heavy atom. The molecule has 114 valence electrons. The van der Waals surface area contributed by atoms with Crippen molar-refractivity contribution in [1.29, 1.82) is 0 Å². The lowest BCUT2D eigenvalue weighted by Gasteiger charge is -2.03. The summed E-state index contributed by atoms with van der Waals surface area (Å²) < 4.78 is 13.2. The second-order valence-electron chi connectivity index (χ2n) is 4.93. The van der Waals surface area contributed by atoms with Crippen LogP contribution in [0.3, 0.4) is 0 Å². The summed E-state index contributed by atoms with van der Waals surface area (Å²) in [6, 6.07) is 17.0. The number of halogens is 1. The van der Waals surface area contributed by atoms with E-state index in [1.807, 2.05) is 42.5 Å². The Morgan fingerprint density at radius 3 is 2.70 bits per heavy atom. The first kappa shape index (κ1) is 14.7. The number of hydrazone groups is 1. The van der Waals surface area contributed by atoms with Crippen molar-refractivity contribution in [2.45, 2.75) is 0 Å². The van der Waals surface area contributed by atoms with Gasteiger partial charge in [0.15, 0.2) is 11.6 Å². The topological polar surface area (TPSA) is 61.7 Å². The van der Waals surface area contributed by atoms with Crippen molar-refractivity contribution in [3.63, 3.8) is 0 Å². The molecule has 5 heteroatoms. The van der Waals surface area contributed by atoms with Crippen LogP contribution in [-0.2, 0) is 0 Å². The number of fused-ring (bicyclic) bond motifs is 1. The average molecular weight is 308 g/mol. The summed E-state index contributed by atoms with van der Waals surface area (Å²) in [6.07, 6.45) is 1.54. The standard InChI is InChI=1S/C18H13FN2O2/c19-16-10-13(8-9-17(16)22)18(23)21-20-11-14-6-3-5-12-4-1-2-7-15(12)14/h1-11,22H,(H,21,23)/b20-11+. The Hall–Kier alpha value is -3.21. The van der Waals surface area contributed by atoms with Gasteiger partial charge in [-0.2, -0.15) is 5.10 Å². The Balaban J connectivity index is 1.77. The highest BCUT2D eigenvalue weighted by Crippen LogP contribution is 2.17. The quantitative estimate of drug-likeness (QED) is 0.575. The van der Waals surface area contributed by atoms with Gasteiger partial charge in [-0.15, -0.1) is 0 Å². The van der Waals surface area contributed by atoms with Crippen LogP contribution in [0.5, 0.6) is 5.75 Å². The number of hydrogen-bond donors (Lipinski definition) is 2. The smallest absolute Gasteiger partial charge is 0.271 e. The molecular formula is C18H13FN2O2. The van der Waals surface area contributed by atoms with Gasteiger partial charge < -0.3 is 5.11 Å². The Labute approximate surface area is 131 Å². The van der Waals surface area contributed by atoms with E-state index in [-0.39, 0.29) is 5.56 Å². The summed E-state index contributed by atoms with van der Waals surface area (Å²) in [6.45, 7) is 0. The fraction of sp³-hybridized carbons (Fsp3) is 0. The third-order valence-electron chi connectivity index (χ3n) is 3.40. The van der Waals surface area contributed by atoms with Gasteiger partial charge >= 0.3 is 0 Å². The largest absolute Gasteiger partial charge is 0.505 e. The maximum absolute atomic E-state index is 13.2. The van der Waals surface area contributed by atoms with Crippen LogP contribution in [0.1, 0.15) is 15.9 Å². The van der Waals surface area contributed by atoms with Gasteiger partial charge in [0.1, 0.15) is 0 Å². The van der Waals surface area contributed by atoms with E-state index in [0.29, 0.717) is 0 Å². The lowest BCUT2D eigenvalue weighted by Crippen LogP contribution is -2.17. The highest BCUT2D eigenvalue weighted by atomic mass is 19.1. The second kappa shape index (κ2) is 6.27. The van der Waals surface area contributed by atoms with Gasteiger partial charge in [0.2, 0.25) is 0 Å². The molecule has 0 saturated carbocycles. The van der Waals surface area contributed by atoms with Gasteiger partial charge in [-0.1, -0.05) is 42.5 Å². The second-order valence-corrected chi connectivity index (χ2v) is 4.93. The van der Waals surface area contributed by atoms with Crippen molar-refractivity contribution < 1.29 is 14.3 Å². The zero-order chi connectivity index (χ0) is 16.2. The first-order valence-electron chi connectivity index (χ1n) is 6.95. The molecule has 1 amide bonds. The maximum Gasteiger partial charge on any atom is 0.271 e. The number of benzene rings is 3. The maximum atomic E-state index is 13.2. The number of amides is 1. The first-order valence-corrected chi connectivity index (χ1v) is 6.95. The fourth-order valence-electron chi connectivity index (χ4n) is 2.24. The number of rotatable bonds is 3. The Morgan fingerprint density at radius 2 is 1.87 bits per heavy atom. The molecule has 0 saturated heterocycles. The normalized spacial score (nSPS) is 11.0. The summed E-state index contributed by atoms with van der Waals surface area (Å²) >= 11 is 0. The molecular weight excluding hydrogens is 295 g/mol. The van der Waals surface area contributed by atoms with E-state index < -0.39 is 17.5 Å². The van der Waals surface area contributed by atoms with Crippen molar-refractivity contribution in [2.75, 3.05) is 0 Å². The molecule has 0 aliphatic rings. The summed E-state index contributed by atoms with van der Waals surface area (Å²) in [7, 11) is 0. The molecule has 0 heterocycles. The SMILES string of the molecule is O=C(N/N=C/c1cccc2ccccc12)c1ccc(O)c(F)c1. The van der Waals surface area contributed by atoms with E-state index in [1.165, 1.54) is 12.3 Å². The zero-order valence-corrected chi connectivity index (χ0v) is 12.0. The molecule has 0 bridgehead atoms. The summed E-state index contributed by atoms with van der Waals surface area (Å²) in [5.41, 5.74) is 3.28. The van der Waals surface area contributed by atoms with Crippen LogP contribution in [0.2, 0.25) is 0 Å². The van der Waals surface area contributed by atoms with Crippen LogP contribution >= 0.6 is 0 Å². The van der Waals surface area contributed by atoms with Crippen molar-refractivity contribution in [2.24, 2.45) is 5.10 Å². The Kier molecular flexibility index (Phi) is 4.01. The number of nitrogens with one attached hydrogen (secondary N) is 1. The summed E-state index contributed by atoms with van der Waals surface area (Å²) in [5.74, 6) is -1.91. The molecule has 3 aromatic rings. The van der Waals surface area contributed by atoms with Crippen LogP contribution in [0, 0.1) is 5.82 Å². The molecule has 0 aromatic heterocycles. The van der Waals surface area contributed by atoms with Crippen molar-refractivity contribution in [1.82, 2.24) is 5.43 Å². The van der Waals surface area contributed by atoms with Gasteiger partial charge in [0.05, 0.1) is 6.21 Å². The van der Waals surface area contributed by atoms with Gasteiger partial charge in [0.25, 0.3) is 5.91 Å². The minimum Gasteiger partial charge on any atom is -0.505 e. The third-order valence-corrected chi connectivity index (χ3v) is 3.40. The van der Waals surface area contributed by atoms with Gasteiger partial charge in [-0.25, -0.2) is 9.82 Å². The fourth-order valence-corrected chi connectivity index (χ4v) is 2.24. The molecule has 0 aliphatic heterocycles. The molecule has 3 rings (SSSR count). The van der Waals surface area contributed by atoms with E-state index in [9.17, 15) is 9.18 Å². The van der Waals surface area contributed by atoms with Gasteiger partial charge in [-0.05, 0) is 29.0 Å². The average Bonchev–Trinajstić information content (AvgIpc) is 2.57. The number of hydrogen-bond acceptors (Lipinski definition) is 3. The van der Waals surface area contributed by atoms with E-state index in [1.54, 1.807) is 0 Å². The van der Waals surface area contributed by atoms with Gasteiger partial charge in [0, 0.05) is 11.1 Å². The van der Waals surface area contributed by atoms with E-state index in [2.05, 4.69) is 10.5 Å². The number of phenolic OH excluding ortho intramolecular Hbond substituents is 1. The Bertz CT molecular complexity index is 901. The lowest BCUT2D eigenvalue weighted by molar-refractivity contribution is 0.0954. The molecule has 3 aromatic carbocycles. The molecule has 0 spiro atoms. The molecule has 0 unspecified atom stereocenters. The minimum atomic E-state index is -0.851. The van der Waals surface area contributed by atoms with E-state index >= 15 is 0 Å². The number of aromatic hydroxyl groups is 1. The minimum absolute atomic E-state index is 0.0790. The molecule has 0 aliphatic carbocycles. The van der Waals surface area contributed by atoms with Crippen LogP contribution in [0.4, 0.5) is 4.39 Å². The van der Waals surface area contributed by atoms with Gasteiger partial charge in [-0.3, -0.25) is 4.79 Å². The lowest BCUT2D eigenvalue weighted by atomic mass is 10.1. The number of carbonyl (C=O) groups is 1. The van der Waals surface area contributed by atoms with Crippen LogP contribution in [0.15, 0.2) is 65.8 Å². The van der Waals surface area contributed by atoms with E-state index in [4.69, 9.17) is 5.11 Å². The molecule has 0 fully saturated rings. The van der Waals surface area contributed by atoms with Crippen molar-refractivity contribution >= 4 is 22.9 Å². The third kappa shape index (κ3) is 3.18. The van der Waals surface area contributed by atoms with E-state index in [0.717, 1.165) is 28.5 Å². The highest BCUT2D eigenvalue weighted by molar-refractivity contribution is 6.00. The van der Waals surface area contributed by atoms with Crippen molar-refractivity contribution in [3.05, 3.63) is 77.6 Å². The molecule has 2 N–H and O–H groups in total. The zero-order valence-electron chi connectivity index (χ0n) is 12.0. The monoisotopic (exact) mass is 308 g/mol. The first-order chi connectivity index (χ1) is 11.1. The number of nitrogens with zero attached hydrogens (tertiary/aromatic N) is 1. The van der Waals surface area contributed by atoms with Crippen LogP contribution in [-0.4, -0.2) is 17.2 Å². The predicted octanol–water partition coefficient (Wildman–Crippen LogP) is 3.45. The predicted molar refractivity (Wildman–Crippen MR) is 87.1 cm³/mol. The van der Waals surface area contributed by atoms with Crippen molar-refractivity contribution in [3.8, 4) is 5.75 Å². The highest BCUT2D eigenvalue weighted by Gasteiger charge is 2.08.